The average molecular weight is 195 g/mol. The molecular weight excluding hydrogens is 181 g/mol. The molecule has 1 aliphatic carbocycles. The third kappa shape index (κ3) is 2.04. The standard InChI is InChI=1S/C11H14FNO/c1-13-10-6-8(10)7-14-11-5-3-2-4-9(11)12/h2-5,8,10,13H,6-7H2,1H3. The second kappa shape index (κ2) is 3.96. The van der Waals surface area contributed by atoms with Crippen LogP contribution in [0.2, 0.25) is 0 Å². The van der Waals surface area contributed by atoms with Crippen molar-refractivity contribution < 1.29 is 9.13 Å². The van der Waals surface area contributed by atoms with E-state index in [1.54, 1.807) is 18.2 Å². The van der Waals surface area contributed by atoms with Gasteiger partial charge in [-0.25, -0.2) is 4.39 Å². The van der Waals surface area contributed by atoms with Crippen molar-refractivity contribution in [2.75, 3.05) is 13.7 Å². The van der Waals surface area contributed by atoms with E-state index in [-0.39, 0.29) is 5.82 Å². The summed E-state index contributed by atoms with van der Waals surface area (Å²) in [5.41, 5.74) is 0. The van der Waals surface area contributed by atoms with Gasteiger partial charge in [0, 0.05) is 12.0 Å². The van der Waals surface area contributed by atoms with E-state index >= 15 is 0 Å². The average Bonchev–Trinajstić information content (AvgIpc) is 2.95. The van der Waals surface area contributed by atoms with Crippen LogP contribution in [0.1, 0.15) is 6.42 Å². The van der Waals surface area contributed by atoms with Crippen molar-refractivity contribution >= 4 is 0 Å². The maximum absolute atomic E-state index is 13.1. The second-order valence-electron chi connectivity index (χ2n) is 3.63. The summed E-state index contributed by atoms with van der Waals surface area (Å²) in [6.07, 6.45) is 1.13. The van der Waals surface area contributed by atoms with E-state index in [0.29, 0.717) is 24.3 Å². The maximum atomic E-state index is 13.1. The van der Waals surface area contributed by atoms with Gasteiger partial charge in [0.25, 0.3) is 0 Å². The first-order valence-corrected chi connectivity index (χ1v) is 4.86. The van der Waals surface area contributed by atoms with Crippen molar-refractivity contribution in [3.05, 3.63) is 30.1 Å². The summed E-state index contributed by atoms with van der Waals surface area (Å²) < 4.78 is 18.5. The normalized spacial score (nSPS) is 24.7. The number of para-hydroxylation sites is 1. The van der Waals surface area contributed by atoms with Crippen LogP contribution in [0.3, 0.4) is 0 Å². The lowest BCUT2D eigenvalue weighted by Gasteiger charge is -2.05. The fraction of sp³-hybridized carbons (Fsp3) is 0.455. The van der Waals surface area contributed by atoms with Crippen LogP contribution < -0.4 is 10.1 Å². The zero-order valence-electron chi connectivity index (χ0n) is 8.16. The third-order valence-electron chi connectivity index (χ3n) is 2.58. The van der Waals surface area contributed by atoms with Gasteiger partial charge in [-0.2, -0.15) is 0 Å². The van der Waals surface area contributed by atoms with Gasteiger partial charge >= 0.3 is 0 Å². The van der Waals surface area contributed by atoms with Crippen molar-refractivity contribution in [2.24, 2.45) is 5.92 Å². The first-order chi connectivity index (χ1) is 6.81. The van der Waals surface area contributed by atoms with Crippen molar-refractivity contribution in [2.45, 2.75) is 12.5 Å². The summed E-state index contributed by atoms with van der Waals surface area (Å²) >= 11 is 0. The van der Waals surface area contributed by atoms with Crippen LogP contribution in [0.25, 0.3) is 0 Å². The molecule has 1 saturated carbocycles. The van der Waals surface area contributed by atoms with Crippen LogP contribution >= 0.6 is 0 Å². The predicted octanol–water partition coefficient (Wildman–Crippen LogP) is 1.81. The molecule has 0 saturated heterocycles. The minimum Gasteiger partial charge on any atom is -0.490 e. The Morgan fingerprint density at radius 3 is 2.93 bits per heavy atom. The Morgan fingerprint density at radius 1 is 1.50 bits per heavy atom. The summed E-state index contributed by atoms with van der Waals surface area (Å²) in [5.74, 6) is 0.614. The summed E-state index contributed by atoms with van der Waals surface area (Å²) in [6, 6.07) is 7.07. The zero-order chi connectivity index (χ0) is 9.97. The van der Waals surface area contributed by atoms with Crippen molar-refractivity contribution in [1.29, 1.82) is 0 Å². The fourth-order valence-electron chi connectivity index (χ4n) is 1.54. The molecule has 2 nitrogen and oxygen atoms in total. The van der Waals surface area contributed by atoms with E-state index < -0.39 is 0 Å². The lowest BCUT2D eigenvalue weighted by Crippen LogP contribution is -2.14. The number of halogens is 1. The summed E-state index contributed by atoms with van der Waals surface area (Å²) in [6.45, 7) is 0.604. The van der Waals surface area contributed by atoms with Crippen molar-refractivity contribution in [1.82, 2.24) is 5.32 Å². The van der Waals surface area contributed by atoms with E-state index in [2.05, 4.69) is 5.32 Å². The van der Waals surface area contributed by atoms with Gasteiger partial charge in [-0.05, 0) is 25.6 Å². The van der Waals surface area contributed by atoms with Gasteiger partial charge in [0.2, 0.25) is 0 Å². The predicted molar refractivity (Wildman–Crippen MR) is 52.8 cm³/mol. The first kappa shape index (κ1) is 9.46. The molecule has 0 bridgehead atoms. The summed E-state index contributed by atoms with van der Waals surface area (Å²) in [5, 5.41) is 3.17. The van der Waals surface area contributed by atoms with Gasteiger partial charge in [0.05, 0.1) is 6.61 Å². The summed E-state index contributed by atoms with van der Waals surface area (Å²) in [7, 11) is 1.94. The third-order valence-corrected chi connectivity index (χ3v) is 2.58. The minimum atomic E-state index is -0.283. The second-order valence-corrected chi connectivity index (χ2v) is 3.63. The quantitative estimate of drug-likeness (QED) is 0.791. The Balaban J connectivity index is 1.84. The number of hydrogen-bond donors (Lipinski definition) is 1. The van der Waals surface area contributed by atoms with Gasteiger partial charge in [0.15, 0.2) is 11.6 Å². The fourth-order valence-corrected chi connectivity index (χ4v) is 1.54. The molecule has 1 fully saturated rings. The molecule has 1 aromatic rings. The SMILES string of the molecule is CNC1CC1COc1ccccc1F. The molecule has 0 heterocycles. The highest BCUT2D eigenvalue weighted by atomic mass is 19.1. The molecule has 0 spiro atoms. The number of hydrogen-bond acceptors (Lipinski definition) is 2. The maximum Gasteiger partial charge on any atom is 0.165 e. The van der Waals surface area contributed by atoms with Crippen molar-refractivity contribution in [3.8, 4) is 5.75 Å². The molecule has 1 aliphatic rings. The Bertz CT molecular complexity index is 316. The van der Waals surface area contributed by atoms with Crippen LogP contribution in [0.5, 0.6) is 5.75 Å². The molecule has 1 aromatic carbocycles. The monoisotopic (exact) mass is 195 g/mol. The van der Waals surface area contributed by atoms with Crippen LogP contribution in [0, 0.1) is 11.7 Å². The number of rotatable bonds is 4. The van der Waals surface area contributed by atoms with Gasteiger partial charge < -0.3 is 10.1 Å². The van der Waals surface area contributed by atoms with E-state index in [0.717, 1.165) is 6.42 Å². The van der Waals surface area contributed by atoms with Crippen LogP contribution in [-0.4, -0.2) is 19.7 Å². The minimum absolute atomic E-state index is 0.283. The highest BCUT2D eigenvalue weighted by Gasteiger charge is 2.36. The van der Waals surface area contributed by atoms with E-state index in [4.69, 9.17) is 4.74 Å². The molecule has 0 radical (unpaired) electrons. The molecule has 2 rings (SSSR count). The molecular formula is C11H14FNO. The largest absolute Gasteiger partial charge is 0.490 e. The molecule has 3 heteroatoms. The molecule has 0 aromatic heterocycles. The van der Waals surface area contributed by atoms with Gasteiger partial charge in [-0.15, -0.1) is 0 Å². The molecule has 14 heavy (non-hydrogen) atoms. The highest BCUT2D eigenvalue weighted by molar-refractivity contribution is 5.23. The van der Waals surface area contributed by atoms with E-state index in [1.807, 2.05) is 7.05 Å². The Labute approximate surface area is 83.1 Å². The molecule has 0 aliphatic heterocycles. The molecule has 1 N–H and O–H groups in total. The molecule has 76 valence electrons. The van der Waals surface area contributed by atoms with Gasteiger partial charge in [-0.3, -0.25) is 0 Å². The number of benzene rings is 1. The first-order valence-electron chi connectivity index (χ1n) is 4.86. The Hall–Kier alpha value is -1.09. The topological polar surface area (TPSA) is 21.3 Å². The number of ether oxygens (including phenoxy) is 1. The van der Waals surface area contributed by atoms with Gasteiger partial charge in [0.1, 0.15) is 0 Å². The zero-order valence-corrected chi connectivity index (χ0v) is 8.16. The van der Waals surface area contributed by atoms with Crippen LogP contribution in [-0.2, 0) is 0 Å². The van der Waals surface area contributed by atoms with Gasteiger partial charge in [-0.1, -0.05) is 12.1 Å². The van der Waals surface area contributed by atoms with E-state index in [1.165, 1.54) is 6.07 Å². The lowest BCUT2D eigenvalue weighted by atomic mass is 10.3. The Kier molecular flexibility index (Phi) is 2.68. The highest BCUT2D eigenvalue weighted by Crippen LogP contribution is 2.30. The Morgan fingerprint density at radius 2 is 2.29 bits per heavy atom. The molecule has 2 unspecified atom stereocenters. The lowest BCUT2D eigenvalue weighted by molar-refractivity contribution is 0.281. The molecule has 2 atom stereocenters. The molecule has 0 amide bonds. The number of nitrogens with one attached hydrogen (secondary N) is 1. The van der Waals surface area contributed by atoms with Crippen LogP contribution in [0.15, 0.2) is 24.3 Å². The van der Waals surface area contributed by atoms with E-state index in [9.17, 15) is 4.39 Å². The van der Waals surface area contributed by atoms with Crippen LogP contribution in [0.4, 0.5) is 4.39 Å². The smallest absolute Gasteiger partial charge is 0.165 e. The summed E-state index contributed by atoms with van der Waals surface area (Å²) in [4.78, 5) is 0. The van der Waals surface area contributed by atoms with Crippen molar-refractivity contribution in [3.63, 3.8) is 0 Å².